The first-order chi connectivity index (χ1) is 16.1. The number of phenolic OH excluding ortho intramolecular Hbond substituents is 1. The van der Waals surface area contributed by atoms with Gasteiger partial charge in [-0.2, -0.15) is 0 Å². The van der Waals surface area contributed by atoms with Crippen molar-refractivity contribution >= 4 is 38.9 Å². The Hall–Kier alpha value is -3.70. The molecule has 0 saturated carbocycles. The van der Waals surface area contributed by atoms with E-state index < -0.39 is 0 Å². The monoisotopic (exact) mass is 495 g/mol. The minimum atomic E-state index is 0.182. The van der Waals surface area contributed by atoms with Crippen LogP contribution in [0, 0.1) is 6.92 Å². The van der Waals surface area contributed by atoms with Crippen molar-refractivity contribution in [2.24, 2.45) is 4.99 Å². The molecule has 5 rings (SSSR count). The number of para-hydroxylation sites is 2. The Labute approximate surface area is 200 Å². The highest BCUT2D eigenvalue weighted by Crippen LogP contribution is 2.31. The molecular weight excluding hydrogens is 474 g/mol. The summed E-state index contributed by atoms with van der Waals surface area (Å²) in [4.78, 5) is 12.8. The number of nitrogens with one attached hydrogen (secondary N) is 1. The number of nitrogens with zero attached hydrogens (tertiary/aromatic N) is 2. The summed E-state index contributed by atoms with van der Waals surface area (Å²) in [6.45, 7) is 2.02. The molecule has 0 aliphatic rings. The molecule has 4 nitrogen and oxygen atoms in total. The smallest absolute Gasteiger partial charge is 0.138 e. The van der Waals surface area contributed by atoms with Crippen LogP contribution in [0.15, 0.2) is 94.4 Å². The van der Waals surface area contributed by atoms with Crippen LogP contribution in [0.1, 0.15) is 22.3 Å². The number of rotatable bonds is 5. The Balaban J connectivity index is 1.47. The summed E-state index contributed by atoms with van der Waals surface area (Å²) in [5.41, 5.74) is 7.76. The minimum absolute atomic E-state index is 0.182. The van der Waals surface area contributed by atoms with E-state index in [1.165, 1.54) is 5.56 Å². The fourth-order valence-electron chi connectivity index (χ4n) is 3.84. The van der Waals surface area contributed by atoms with Gasteiger partial charge in [0.2, 0.25) is 0 Å². The van der Waals surface area contributed by atoms with E-state index in [0.29, 0.717) is 10.0 Å². The topological polar surface area (TPSA) is 61.3 Å². The van der Waals surface area contributed by atoms with E-state index >= 15 is 0 Å². The van der Waals surface area contributed by atoms with Gasteiger partial charge in [-0.1, -0.05) is 54.6 Å². The molecular formula is C28H22BrN3O. The van der Waals surface area contributed by atoms with Crippen molar-refractivity contribution in [1.29, 1.82) is 0 Å². The number of aromatic amines is 1. The number of aliphatic imine (C=N–C) groups is 1. The molecule has 0 bridgehead atoms. The standard InChI is InChI=1S/C28H22BrN3O/c1-18-11-12-21(28-31-24-9-5-6-10-25(24)32-28)16-26(18)30-17-22-14-20(15-23(29)27(22)33)13-19-7-3-2-4-8-19/h2-12,14-17,33H,13H2,1H3,(H,31,32). The van der Waals surface area contributed by atoms with Crippen LogP contribution < -0.4 is 0 Å². The Morgan fingerprint density at radius 2 is 1.73 bits per heavy atom. The van der Waals surface area contributed by atoms with Crippen LogP contribution in [0.2, 0.25) is 0 Å². The molecule has 0 saturated heterocycles. The molecule has 0 fully saturated rings. The average molecular weight is 496 g/mol. The zero-order chi connectivity index (χ0) is 22.8. The van der Waals surface area contributed by atoms with Crippen LogP contribution in [0.4, 0.5) is 5.69 Å². The lowest BCUT2D eigenvalue weighted by Crippen LogP contribution is -1.92. The maximum Gasteiger partial charge on any atom is 0.138 e. The molecule has 5 aromatic rings. The van der Waals surface area contributed by atoms with Gasteiger partial charge in [-0.3, -0.25) is 4.99 Å². The zero-order valence-electron chi connectivity index (χ0n) is 18.1. The Morgan fingerprint density at radius 1 is 0.939 bits per heavy atom. The van der Waals surface area contributed by atoms with Gasteiger partial charge in [0, 0.05) is 17.3 Å². The molecule has 0 amide bonds. The van der Waals surface area contributed by atoms with Gasteiger partial charge >= 0.3 is 0 Å². The van der Waals surface area contributed by atoms with Gasteiger partial charge in [-0.15, -0.1) is 0 Å². The molecule has 0 aliphatic heterocycles. The first kappa shape index (κ1) is 21.2. The molecule has 4 aromatic carbocycles. The van der Waals surface area contributed by atoms with Gasteiger partial charge in [-0.05, 0) is 76.3 Å². The Bertz CT molecular complexity index is 1440. The summed E-state index contributed by atoms with van der Waals surface area (Å²) in [6.07, 6.45) is 2.50. The quantitative estimate of drug-likeness (QED) is 0.250. The summed E-state index contributed by atoms with van der Waals surface area (Å²) in [5, 5.41) is 10.6. The molecule has 0 atom stereocenters. The van der Waals surface area contributed by atoms with Crippen molar-refractivity contribution in [3.63, 3.8) is 0 Å². The number of aromatic nitrogens is 2. The zero-order valence-corrected chi connectivity index (χ0v) is 19.7. The van der Waals surface area contributed by atoms with E-state index in [-0.39, 0.29) is 5.75 Å². The lowest BCUT2D eigenvalue weighted by atomic mass is 10.0. The second-order valence-corrected chi connectivity index (χ2v) is 8.89. The SMILES string of the molecule is Cc1ccc(-c2nc3ccccc3[nH]2)cc1N=Cc1cc(Cc2ccccc2)cc(Br)c1O. The van der Waals surface area contributed by atoms with E-state index in [0.717, 1.165) is 45.7 Å². The number of aryl methyl sites for hydroxylation is 1. The molecule has 0 unspecified atom stereocenters. The van der Waals surface area contributed by atoms with Gasteiger partial charge in [0.1, 0.15) is 11.6 Å². The third kappa shape index (κ3) is 4.59. The van der Waals surface area contributed by atoms with Gasteiger partial charge < -0.3 is 10.1 Å². The number of imidazole rings is 1. The predicted octanol–water partition coefficient (Wildman–Crippen LogP) is 7.35. The normalized spacial score (nSPS) is 11.5. The summed E-state index contributed by atoms with van der Waals surface area (Å²) >= 11 is 3.49. The first-order valence-electron chi connectivity index (χ1n) is 10.7. The van der Waals surface area contributed by atoms with Gasteiger partial charge in [-0.25, -0.2) is 4.98 Å². The number of benzene rings is 4. The number of hydrogen-bond donors (Lipinski definition) is 2. The number of fused-ring (bicyclic) bond motifs is 1. The fourth-order valence-corrected chi connectivity index (χ4v) is 4.36. The Kier molecular flexibility index (Phi) is 5.80. The number of aromatic hydroxyl groups is 1. The maximum absolute atomic E-state index is 10.6. The molecule has 0 spiro atoms. The van der Waals surface area contributed by atoms with Crippen LogP contribution in [0.25, 0.3) is 22.4 Å². The van der Waals surface area contributed by atoms with Crippen LogP contribution >= 0.6 is 15.9 Å². The number of hydrogen-bond acceptors (Lipinski definition) is 3. The Morgan fingerprint density at radius 3 is 2.55 bits per heavy atom. The van der Waals surface area contributed by atoms with Crippen molar-refractivity contribution in [1.82, 2.24) is 9.97 Å². The lowest BCUT2D eigenvalue weighted by molar-refractivity contribution is 0.471. The van der Waals surface area contributed by atoms with Crippen LogP contribution in [0.5, 0.6) is 5.75 Å². The van der Waals surface area contributed by atoms with Crippen LogP contribution in [-0.2, 0) is 6.42 Å². The molecule has 1 aromatic heterocycles. The van der Waals surface area contributed by atoms with Crippen molar-refractivity contribution in [2.45, 2.75) is 13.3 Å². The molecule has 0 aliphatic carbocycles. The number of H-pyrrole nitrogens is 1. The van der Waals surface area contributed by atoms with Crippen LogP contribution in [0.3, 0.4) is 0 Å². The number of phenols is 1. The molecule has 5 heteroatoms. The molecule has 0 radical (unpaired) electrons. The third-order valence-corrected chi connectivity index (χ3v) is 6.22. The number of halogens is 1. The minimum Gasteiger partial charge on any atom is -0.506 e. The highest BCUT2D eigenvalue weighted by molar-refractivity contribution is 9.10. The molecule has 1 heterocycles. The summed E-state index contributed by atoms with van der Waals surface area (Å²) in [5.74, 6) is 0.991. The van der Waals surface area contributed by atoms with E-state index in [1.54, 1.807) is 6.21 Å². The van der Waals surface area contributed by atoms with E-state index in [2.05, 4.69) is 33.0 Å². The first-order valence-corrected chi connectivity index (χ1v) is 11.5. The second kappa shape index (κ2) is 9.04. The van der Waals surface area contributed by atoms with Crippen molar-refractivity contribution in [2.75, 3.05) is 0 Å². The summed E-state index contributed by atoms with van der Waals surface area (Å²) in [6, 6.07) is 28.3. The molecule has 162 valence electrons. The predicted molar refractivity (Wildman–Crippen MR) is 139 cm³/mol. The van der Waals surface area contributed by atoms with Gasteiger partial charge in [0.15, 0.2) is 0 Å². The van der Waals surface area contributed by atoms with E-state index in [4.69, 9.17) is 9.98 Å². The van der Waals surface area contributed by atoms with Crippen LogP contribution in [-0.4, -0.2) is 21.3 Å². The van der Waals surface area contributed by atoms with Crippen molar-refractivity contribution in [3.05, 3.63) is 112 Å². The lowest BCUT2D eigenvalue weighted by Gasteiger charge is -2.08. The average Bonchev–Trinajstić information content (AvgIpc) is 3.26. The maximum atomic E-state index is 10.6. The highest BCUT2D eigenvalue weighted by atomic mass is 79.9. The highest BCUT2D eigenvalue weighted by Gasteiger charge is 2.10. The molecule has 2 N–H and O–H groups in total. The largest absolute Gasteiger partial charge is 0.506 e. The molecule has 33 heavy (non-hydrogen) atoms. The summed E-state index contributed by atoms with van der Waals surface area (Å²) in [7, 11) is 0. The third-order valence-electron chi connectivity index (χ3n) is 5.62. The second-order valence-electron chi connectivity index (χ2n) is 8.04. The fraction of sp³-hybridized carbons (Fsp3) is 0.0714. The van der Waals surface area contributed by atoms with Crippen molar-refractivity contribution < 1.29 is 5.11 Å². The van der Waals surface area contributed by atoms with Crippen molar-refractivity contribution in [3.8, 4) is 17.1 Å². The van der Waals surface area contributed by atoms with Gasteiger partial charge in [0.25, 0.3) is 0 Å². The summed E-state index contributed by atoms with van der Waals surface area (Å²) < 4.78 is 0.658. The van der Waals surface area contributed by atoms with E-state index in [9.17, 15) is 5.11 Å². The van der Waals surface area contributed by atoms with E-state index in [1.807, 2.05) is 79.7 Å². The van der Waals surface area contributed by atoms with Gasteiger partial charge in [0.05, 0.1) is 21.2 Å².